The van der Waals surface area contributed by atoms with Crippen molar-refractivity contribution in [3.8, 4) is 0 Å². The molecule has 0 amide bonds. The summed E-state index contributed by atoms with van der Waals surface area (Å²) in [4.78, 5) is 0. The first-order valence-corrected chi connectivity index (χ1v) is 8.28. The van der Waals surface area contributed by atoms with Gasteiger partial charge in [0, 0.05) is 27.8 Å². The Morgan fingerprint density at radius 3 is 3.00 bits per heavy atom. The van der Waals surface area contributed by atoms with Crippen molar-refractivity contribution in [2.45, 2.75) is 44.4 Å². The normalized spacial score (nSPS) is 39.0. The fourth-order valence-electron chi connectivity index (χ4n) is 2.07. The molecule has 0 bridgehead atoms. The van der Waals surface area contributed by atoms with Gasteiger partial charge in [-0.2, -0.15) is 0 Å². The van der Waals surface area contributed by atoms with Gasteiger partial charge in [-0.3, -0.25) is 0 Å². The smallest absolute Gasteiger partial charge is 0.163 e. The Hall–Kier alpha value is 0.920. The zero-order valence-corrected chi connectivity index (χ0v) is 11.7. The Bertz CT molecular complexity index is 226. The first-order chi connectivity index (χ1) is 7.12. The maximum absolute atomic E-state index is 5.82. The Morgan fingerprint density at radius 2 is 2.27 bits per heavy atom. The van der Waals surface area contributed by atoms with E-state index in [1.165, 1.54) is 9.21 Å². The summed E-state index contributed by atoms with van der Waals surface area (Å²) in [5, 5.41) is 0. The highest BCUT2D eigenvalue weighted by Crippen LogP contribution is 2.35. The van der Waals surface area contributed by atoms with E-state index in [1.54, 1.807) is 0 Å². The highest BCUT2D eigenvalue weighted by atomic mass is 127. The molecule has 2 heterocycles. The van der Waals surface area contributed by atoms with E-state index in [-0.39, 0.29) is 18.3 Å². The lowest BCUT2D eigenvalue weighted by atomic mass is 10.0. The second kappa shape index (κ2) is 5.05. The number of fused-ring (bicyclic) bond motifs is 1. The molecule has 2 rings (SSSR count). The minimum atomic E-state index is -0.487. The minimum Gasteiger partial charge on any atom is -0.373 e. The molecule has 2 aliphatic heterocycles. The van der Waals surface area contributed by atoms with Crippen LogP contribution in [0.15, 0.2) is 0 Å². The van der Waals surface area contributed by atoms with Crippen LogP contribution in [0.1, 0.15) is 20.3 Å². The zero-order valence-electron chi connectivity index (χ0n) is 8.77. The van der Waals surface area contributed by atoms with Crippen molar-refractivity contribution in [2.24, 2.45) is 0 Å². The summed E-state index contributed by atoms with van der Waals surface area (Å²) in [6.45, 7) is 5.15. The molecule has 0 aromatic carbocycles. The van der Waals surface area contributed by atoms with Crippen LogP contribution in [-0.2, 0) is 18.4 Å². The molecule has 0 aromatic rings. The first-order valence-electron chi connectivity index (χ1n) is 5.00. The zero-order chi connectivity index (χ0) is 10.9. The molecule has 0 spiro atoms. The van der Waals surface area contributed by atoms with Gasteiger partial charge in [0.05, 0.1) is 21.9 Å². The molecule has 1 unspecified atom stereocenters. The summed E-state index contributed by atoms with van der Waals surface area (Å²) >= 11 is 2.10. The molecule has 2 aliphatic rings. The molecule has 0 saturated carbocycles. The van der Waals surface area contributed by atoms with Crippen LogP contribution in [0.25, 0.3) is 0 Å². The fraction of sp³-hybridized carbons (Fsp3) is 1.00. The highest BCUT2D eigenvalue weighted by molar-refractivity contribution is 14.2. The van der Waals surface area contributed by atoms with Gasteiger partial charge in [-0.05, 0) is 20.3 Å². The maximum atomic E-state index is 5.82. The molecule has 15 heavy (non-hydrogen) atoms. The van der Waals surface area contributed by atoms with Gasteiger partial charge in [0.25, 0.3) is 0 Å². The topological polar surface area (TPSA) is 36.9 Å². The van der Waals surface area contributed by atoms with E-state index in [2.05, 4.69) is 21.2 Å². The van der Waals surface area contributed by atoms with Crippen molar-refractivity contribution >= 4 is 30.4 Å². The minimum absolute atomic E-state index is 0.00668. The predicted octanol–water partition coefficient (Wildman–Crippen LogP) is 2.31. The Balaban J connectivity index is 1.96. The molecule has 88 valence electrons. The van der Waals surface area contributed by atoms with Gasteiger partial charge in [-0.25, -0.2) is 0 Å². The monoisotopic (exact) mass is 346 g/mol. The number of ether oxygens (including phenoxy) is 3. The molecule has 0 aliphatic carbocycles. The van der Waals surface area contributed by atoms with Crippen LogP contribution in [0.4, 0.5) is 0 Å². The van der Waals surface area contributed by atoms with Crippen LogP contribution in [-0.4, -0.2) is 37.3 Å². The molecule has 3 atom stereocenters. The molecule has 6 heteroatoms. The lowest BCUT2D eigenvalue weighted by molar-refractivity contribution is -0.156. The fourth-order valence-corrected chi connectivity index (χ4v) is 2.69. The molecule has 0 aromatic heterocycles. The summed E-state index contributed by atoms with van der Waals surface area (Å²) in [7, 11) is 1.32. The van der Waals surface area contributed by atoms with Crippen molar-refractivity contribution in [3.63, 3.8) is 0 Å². The van der Waals surface area contributed by atoms with Gasteiger partial charge < -0.3 is 18.4 Å². The quantitative estimate of drug-likeness (QED) is 0.579. The maximum Gasteiger partial charge on any atom is 0.163 e. The Morgan fingerprint density at radius 1 is 1.47 bits per heavy atom. The summed E-state index contributed by atoms with van der Waals surface area (Å²) < 4.78 is 22.6. The second-order valence-corrected chi connectivity index (χ2v) is 5.62. The molecule has 0 N–H and O–H groups in total. The molecular weight excluding hydrogens is 331 g/mol. The van der Waals surface area contributed by atoms with Crippen molar-refractivity contribution in [1.29, 1.82) is 0 Å². The summed E-state index contributed by atoms with van der Waals surface area (Å²) in [6, 6.07) is 0. The average molecular weight is 346 g/mol. The highest BCUT2D eigenvalue weighted by Gasteiger charge is 2.47. The molecule has 2 saturated heterocycles. The lowest BCUT2D eigenvalue weighted by Gasteiger charge is -2.30. The van der Waals surface area contributed by atoms with Gasteiger partial charge in [-0.15, -0.1) is 0 Å². The largest absolute Gasteiger partial charge is 0.373 e. The van der Waals surface area contributed by atoms with Crippen molar-refractivity contribution in [1.82, 2.24) is 0 Å². The lowest BCUT2D eigenvalue weighted by Crippen LogP contribution is -2.44. The second-order valence-electron chi connectivity index (χ2n) is 4.18. The van der Waals surface area contributed by atoms with Crippen LogP contribution >= 0.6 is 30.4 Å². The van der Waals surface area contributed by atoms with Gasteiger partial charge in [0.15, 0.2) is 5.79 Å². The van der Waals surface area contributed by atoms with Crippen molar-refractivity contribution in [3.05, 3.63) is 0 Å². The Labute approximate surface area is 106 Å². The van der Waals surface area contributed by atoms with Gasteiger partial charge >= 0.3 is 0 Å². The van der Waals surface area contributed by atoms with Crippen molar-refractivity contribution in [2.75, 3.05) is 13.2 Å². The van der Waals surface area contributed by atoms with Gasteiger partial charge in [0.2, 0.25) is 0 Å². The third-order valence-electron chi connectivity index (χ3n) is 2.60. The van der Waals surface area contributed by atoms with Crippen molar-refractivity contribution < 1.29 is 18.4 Å². The molecule has 0 radical (unpaired) electrons. The number of halogens is 1. The van der Waals surface area contributed by atoms with E-state index in [0.717, 1.165) is 13.0 Å². The molecule has 4 nitrogen and oxygen atoms in total. The predicted molar refractivity (Wildman–Crippen MR) is 65.7 cm³/mol. The number of hydrogen-bond donors (Lipinski definition) is 0. The van der Waals surface area contributed by atoms with E-state index in [9.17, 15) is 0 Å². The van der Waals surface area contributed by atoms with Crippen LogP contribution < -0.4 is 0 Å². The number of rotatable bonds is 3. The summed E-state index contributed by atoms with van der Waals surface area (Å²) in [5.74, 6) is -0.487. The van der Waals surface area contributed by atoms with Crippen LogP contribution in [0.5, 0.6) is 0 Å². The van der Waals surface area contributed by atoms with Crippen LogP contribution in [0.3, 0.4) is 0 Å². The first kappa shape index (κ1) is 12.4. The Kier molecular flexibility index (Phi) is 4.17. The molecular formula is C9H15IO4S. The van der Waals surface area contributed by atoms with Gasteiger partial charge in [0.1, 0.15) is 12.2 Å². The van der Waals surface area contributed by atoms with Gasteiger partial charge in [-0.1, -0.05) is 0 Å². The third kappa shape index (κ3) is 2.98. The molecule has 2 fully saturated rings. The van der Waals surface area contributed by atoms with Crippen LogP contribution in [0.2, 0.25) is 0 Å². The summed E-state index contributed by atoms with van der Waals surface area (Å²) in [5.41, 5.74) is 0. The third-order valence-corrected chi connectivity index (χ3v) is 3.59. The van der Waals surface area contributed by atoms with E-state index in [0.29, 0.717) is 6.61 Å². The number of hydrogen-bond acceptors (Lipinski definition) is 5. The van der Waals surface area contributed by atoms with E-state index in [4.69, 9.17) is 18.4 Å². The average Bonchev–Trinajstić information content (AvgIpc) is 2.49. The van der Waals surface area contributed by atoms with E-state index >= 15 is 0 Å². The van der Waals surface area contributed by atoms with E-state index < -0.39 is 5.79 Å². The van der Waals surface area contributed by atoms with E-state index in [1.807, 2.05) is 13.8 Å². The summed E-state index contributed by atoms with van der Waals surface area (Å²) in [6.07, 6.45) is 1.06. The SMILES string of the molecule is CC1(C)O[C@@H]2CCOC(COSI)[C@@H]2O1. The standard InChI is InChI=1S/C9H15IO4S/c1-9(2)13-6-3-4-11-7(5-12-15-10)8(6)14-9/h6-8H,3-5H2,1-2H3/t6-,7?,8-/m1/s1. The van der Waals surface area contributed by atoms with Crippen LogP contribution in [0, 0.1) is 0 Å².